The molecule has 1 aliphatic rings. The van der Waals surface area contributed by atoms with Gasteiger partial charge in [-0.15, -0.1) is 0 Å². The van der Waals surface area contributed by atoms with E-state index in [1.807, 2.05) is 0 Å². The number of hydrogen-bond donors (Lipinski definition) is 0. The Bertz CT molecular complexity index is 1110. The van der Waals surface area contributed by atoms with Crippen LogP contribution in [-0.4, -0.2) is 0 Å². The summed E-state index contributed by atoms with van der Waals surface area (Å²) in [6.07, 6.45) is 2.23. The summed E-state index contributed by atoms with van der Waals surface area (Å²) in [5, 5.41) is 0.727. The number of hydrogen-bond acceptors (Lipinski definition) is 3. The van der Waals surface area contributed by atoms with Gasteiger partial charge in [-0.1, -0.05) is 0 Å². The minimum atomic E-state index is -2.23. The van der Waals surface area contributed by atoms with Crippen LogP contribution in [0, 0.1) is 29.1 Å². The van der Waals surface area contributed by atoms with Gasteiger partial charge in [-0.05, 0) is 37.0 Å². The quantitative estimate of drug-likeness (QED) is 0.289. The standard InChI is InChI=1S/C19H11F5O3/c20-14-12(15(21)17(23)18(24)16(14)22)7-26-8-4-5-10-9-2-1-3-11(9)19(25)27-13(10)6-8/h4-6H,1-3,7H2. The van der Waals surface area contributed by atoms with Crippen molar-refractivity contribution in [2.45, 2.75) is 25.9 Å². The van der Waals surface area contributed by atoms with Gasteiger partial charge in [-0.3, -0.25) is 0 Å². The molecule has 3 aromatic rings. The third-order valence-corrected chi connectivity index (χ3v) is 4.63. The summed E-state index contributed by atoms with van der Waals surface area (Å²) < 4.78 is 77.4. The molecule has 1 heterocycles. The van der Waals surface area contributed by atoms with Gasteiger partial charge in [0.2, 0.25) is 5.82 Å². The molecule has 0 fully saturated rings. The van der Waals surface area contributed by atoms with Gasteiger partial charge in [-0.25, -0.2) is 26.7 Å². The van der Waals surface area contributed by atoms with E-state index in [1.54, 1.807) is 6.07 Å². The molecule has 3 nitrogen and oxygen atoms in total. The summed E-state index contributed by atoms with van der Waals surface area (Å²) in [6.45, 7) is -0.882. The molecule has 4 rings (SSSR count). The zero-order valence-electron chi connectivity index (χ0n) is 13.7. The monoisotopic (exact) mass is 382 g/mol. The molecule has 0 unspecified atom stereocenters. The van der Waals surface area contributed by atoms with E-state index in [0.29, 0.717) is 12.0 Å². The lowest BCUT2D eigenvalue weighted by molar-refractivity contribution is 0.279. The molecular weight excluding hydrogens is 371 g/mol. The number of benzene rings is 2. The smallest absolute Gasteiger partial charge is 0.339 e. The fourth-order valence-corrected chi connectivity index (χ4v) is 3.29. The van der Waals surface area contributed by atoms with Gasteiger partial charge in [-0.2, -0.15) is 0 Å². The summed E-state index contributed by atoms with van der Waals surface area (Å²) in [6, 6.07) is 4.46. The van der Waals surface area contributed by atoms with E-state index in [4.69, 9.17) is 9.15 Å². The molecule has 0 spiro atoms. The molecule has 0 aliphatic heterocycles. The predicted molar refractivity (Wildman–Crippen MR) is 85.1 cm³/mol. The Balaban J connectivity index is 1.68. The molecule has 140 valence electrons. The first-order valence-electron chi connectivity index (χ1n) is 8.10. The Morgan fingerprint density at radius 2 is 1.52 bits per heavy atom. The second-order valence-electron chi connectivity index (χ2n) is 6.20. The highest BCUT2D eigenvalue weighted by atomic mass is 19.2. The Morgan fingerprint density at radius 1 is 0.889 bits per heavy atom. The van der Waals surface area contributed by atoms with Crippen molar-refractivity contribution in [1.29, 1.82) is 0 Å². The number of fused-ring (bicyclic) bond motifs is 3. The second-order valence-corrected chi connectivity index (χ2v) is 6.20. The molecule has 1 aliphatic carbocycles. The normalized spacial score (nSPS) is 13.2. The Morgan fingerprint density at radius 3 is 2.22 bits per heavy atom. The van der Waals surface area contributed by atoms with Crippen molar-refractivity contribution in [3.05, 3.63) is 74.4 Å². The van der Waals surface area contributed by atoms with Gasteiger partial charge in [0, 0.05) is 17.0 Å². The number of halogens is 5. The van der Waals surface area contributed by atoms with Crippen LogP contribution in [-0.2, 0) is 19.4 Å². The minimum absolute atomic E-state index is 0.0625. The topological polar surface area (TPSA) is 39.4 Å². The van der Waals surface area contributed by atoms with Crippen LogP contribution in [0.5, 0.6) is 5.75 Å². The molecule has 1 aromatic heterocycles. The fourth-order valence-electron chi connectivity index (χ4n) is 3.29. The van der Waals surface area contributed by atoms with Crippen molar-refractivity contribution in [2.24, 2.45) is 0 Å². The van der Waals surface area contributed by atoms with E-state index < -0.39 is 46.9 Å². The van der Waals surface area contributed by atoms with Crippen LogP contribution in [0.3, 0.4) is 0 Å². The van der Waals surface area contributed by atoms with Crippen molar-refractivity contribution >= 4 is 11.0 Å². The van der Waals surface area contributed by atoms with Gasteiger partial charge in [0.25, 0.3) is 0 Å². The molecule has 0 amide bonds. The number of rotatable bonds is 3. The number of ether oxygens (including phenoxy) is 1. The van der Waals surface area contributed by atoms with E-state index in [9.17, 15) is 26.7 Å². The molecule has 0 saturated carbocycles. The van der Waals surface area contributed by atoms with E-state index in [2.05, 4.69) is 0 Å². The van der Waals surface area contributed by atoms with Gasteiger partial charge < -0.3 is 9.15 Å². The molecule has 0 saturated heterocycles. The third kappa shape index (κ3) is 2.75. The zero-order valence-corrected chi connectivity index (χ0v) is 13.7. The van der Waals surface area contributed by atoms with Gasteiger partial charge in [0.15, 0.2) is 23.3 Å². The van der Waals surface area contributed by atoms with E-state index in [-0.39, 0.29) is 11.3 Å². The van der Waals surface area contributed by atoms with Crippen LogP contribution < -0.4 is 10.4 Å². The van der Waals surface area contributed by atoms with Crippen LogP contribution >= 0.6 is 0 Å². The first-order valence-corrected chi connectivity index (χ1v) is 8.10. The average Bonchev–Trinajstić information content (AvgIpc) is 3.15. The lowest BCUT2D eigenvalue weighted by Crippen LogP contribution is -2.10. The second kappa shape index (κ2) is 6.37. The molecule has 2 aromatic carbocycles. The van der Waals surface area contributed by atoms with Crippen LogP contribution in [0.25, 0.3) is 11.0 Å². The molecule has 0 atom stereocenters. The summed E-state index contributed by atoms with van der Waals surface area (Å²) in [5.74, 6) is -10.1. The van der Waals surface area contributed by atoms with Crippen LogP contribution in [0.15, 0.2) is 27.4 Å². The van der Waals surface area contributed by atoms with E-state index in [0.717, 1.165) is 23.8 Å². The fraction of sp³-hybridized carbons (Fsp3) is 0.211. The average molecular weight is 382 g/mol. The largest absolute Gasteiger partial charge is 0.489 e. The van der Waals surface area contributed by atoms with Gasteiger partial charge in [0.05, 0.1) is 5.56 Å². The van der Waals surface area contributed by atoms with Crippen molar-refractivity contribution in [1.82, 2.24) is 0 Å². The maximum atomic E-state index is 13.7. The lowest BCUT2D eigenvalue weighted by Gasteiger charge is -2.11. The molecule has 8 heteroatoms. The maximum Gasteiger partial charge on any atom is 0.339 e. The Hall–Kier alpha value is -2.90. The van der Waals surface area contributed by atoms with Crippen LogP contribution in [0.2, 0.25) is 0 Å². The molecule has 0 radical (unpaired) electrons. The van der Waals surface area contributed by atoms with Gasteiger partial charge >= 0.3 is 5.63 Å². The highest BCUT2D eigenvalue weighted by Gasteiger charge is 2.26. The van der Waals surface area contributed by atoms with Crippen molar-refractivity contribution in [3.8, 4) is 5.75 Å². The summed E-state index contributed by atoms with van der Waals surface area (Å²) in [5.41, 5.74) is 0.231. The summed E-state index contributed by atoms with van der Waals surface area (Å²) in [7, 11) is 0. The molecule has 27 heavy (non-hydrogen) atoms. The first kappa shape index (κ1) is 17.5. The zero-order chi connectivity index (χ0) is 19.3. The van der Waals surface area contributed by atoms with Crippen LogP contribution in [0.4, 0.5) is 22.0 Å². The number of aryl methyl sites for hydroxylation is 1. The Kier molecular flexibility index (Phi) is 4.13. The first-order chi connectivity index (χ1) is 12.9. The predicted octanol–water partition coefficient (Wildman–Crippen LogP) is 4.56. The van der Waals surface area contributed by atoms with Crippen LogP contribution in [0.1, 0.15) is 23.1 Å². The highest BCUT2D eigenvalue weighted by Crippen LogP contribution is 2.30. The van der Waals surface area contributed by atoms with Crippen molar-refractivity contribution < 1.29 is 31.1 Å². The SMILES string of the molecule is O=c1oc2cc(OCc3c(F)c(F)c(F)c(F)c3F)ccc2c2c1CCC2. The van der Waals surface area contributed by atoms with E-state index in [1.165, 1.54) is 12.1 Å². The Labute approximate surface area is 149 Å². The lowest BCUT2D eigenvalue weighted by atomic mass is 10.1. The third-order valence-electron chi connectivity index (χ3n) is 4.63. The summed E-state index contributed by atoms with van der Waals surface area (Å²) >= 11 is 0. The van der Waals surface area contributed by atoms with Crippen molar-refractivity contribution in [3.63, 3.8) is 0 Å². The molecule has 0 N–H and O–H groups in total. The maximum absolute atomic E-state index is 13.7. The molecular formula is C19H11F5O3. The minimum Gasteiger partial charge on any atom is -0.489 e. The van der Waals surface area contributed by atoms with Crippen molar-refractivity contribution in [2.75, 3.05) is 0 Å². The molecule has 0 bridgehead atoms. The summed E-state index contributed by atoms with van der Waals surface area (Å²) in [4.78, 5) is 12.0. The van der Waals surface area contributed by atoms with E-state index >= 15 is 0 Å². The van der Waals surface area contributed by atoms with Gasteiger partial charge in [0.1, 0.15) is 17.9 Å². The highest BCUT2D eigenvalue weighted by molar-refractivity contribution is 5.83.